The summed E-state index contributed by atoms with van der Waals surface area (Å²) in [5, 5.41) is 7.42. The van der Waals surface area contributed by atoms with E-state index in [1.54, 1.807) is 0 Å². The van der Waals surface area contributed by atoms with Gasteiger partial charge in [-0.3, -0.25) is 4.79 Å². The Morgan fingerprint density at radius 1 is 1.27 bits per heavy atom. The van der Waals surface area contributed by atoms with Gasteiger partial charge in [-0.05, 0) is 6.92 Å². The number of aryl methyl sites for hydroxylation is 1. The Kier molecular flexibility index (Phi) is 4.82. The molecule has 0 saturated heterocycles. The van der Waals surface area contributed by atoms with Crippen LogP contribution in [0.1, 0.15) is 12.5 Å². The standard InChI is InChI=1S/C7H8.C2H4O2/c1-7-5-3-2-4-6-7;1-2(3)4/h2-6H,1H3;1H3,(H,3,4). The summed E-state index contributed by atoms with van der Waals surface area (Å²) in [7, 11) is 0. The molecule has 1 aromatic carbocycles. The third kappa shape index (κ3) is 8.69. The summed E-state index contributed by atoms with van der Waals surface area (Å²) in [5.41, 5.74) is 1.32. The molecular formula is C9H12O2. The van der Waals surface area contributed by atoms with Gasteiger partial charge in [-0.15, -0.1) is 0 Å². The average Bonchev–Trinajstić information content (AvgIpc) is 1.87. The van der Waals surface area contributed by atoms with Crippen molar-refractivity contribution >= 4 is 5.97 Å². The lowest BCUT2D eigenvalue weighted by Gasteiger charge is -1.82. The normalized spacial score (nSPS) is 7.82. The molecule has 0 atom stereocenters. The Hall–Kier alpha value is -1.31. The third-order valence-electron chi connectivity index (χ3n) is 0.940. The van der Waals surface area contributed by atoms with Crippen LogP contribution in [0.3, 0.4) is 0 Å². The number of carboxylic acids is 1. The molecule has 1 aromatic rings. The van der Waals surface area contributed by atoms with Crippen LogP contribution in [0.15, 0.2) is 30.3 Å². The highest BCUT2D eigenvalue weighted by Crippen LogP contribution is 1.92. The molecule has 2 heteroatoms. The zero-order valence-electron chi connectivity index (χ0n) is 6.74. The summed E-state index contributed by atoms with van der Waals surface area (Å²) in [4.78, 5) is 9.00. The fourth-order valence-electron chi connectivity index (χ4n) is 0.534. The highest BCUT2D eigenvalue weighted by molar-refractivity contribution is 5.62. The minimum absolute atomic E-state index is 0.833. The monoisotopic (exact) mass is 152 g/mol. The first-order valence-electron chi connectivity index (χ1n) is 3.34. The molecule has 11 heavy (non-hydrogen) atoms. The van der Waals surface area contributed by atoms with Crippen molar-refractivity contribution in [2.24, 2.45) is 0 Å². The molecule has 0 heterocycles. The summed E-state index contributed by atoms with van der Waals surface area (Å²) in [5.74, 6) is -0.833. The topological polar surface area (TPSA) is 37.3 Å². The van der Waals surface area contributed by atoms with Crippen LogP contribution in [0.2, 0.25) is 0 Å². The van der Waals surface area contributed by atoms with Crippen LogP contribution in [0, 0.1) is 6.92 Å². The number of hydrogen-bond acceptors (Lipinski definition) is 1. The lowest BCUT2D eigenvalue weighted by molar-refractivity contribution is -0.134. The average molecular weight is 152 g/mol. The fourth-order valence-corrected chi connectivity index (χ4v) is 0.534. The van der Waals surface area contributed by atoms with Crippen LogP contribution in [0.5, 0.6) is 0 Å². The van der Waals surface area contributed by atoms with Gasteiger partial charge >= 0.3 is 0 Å². The first-order valence-corrected chi connectivity index (χ1v) is 3.34. The number of carboxylic acid groups (broad SMARTS) is 1. The molecule has 2 nitrogen and oxygen atoms in total. The van der Waals surface area contributed by atoms with Crippen LogP contribution in [0.4, 0.5) is 0 Å². The van der Waals surface area contributed by atoms with E-state index in [1.165, 1.54) is 5.56 Å². The quantitative estimate of drug-likeness (QED) is 0.618. The Bertz CT molecular complexity index is 200. The SMILES string of the molecule is CC(=O)O.Cc1ccccc1. The third-order valence-corrected chi connectivity index (χ3v) is 0.940. The van der Waals surface area contributed by atoms with Crippen LogP contribution in [-0.2, 0) is 4.79 Å². The fraction of sp³-hybridized carbons (Fsp3) is 0.222. The van der Waals surface area contributed by atoms with Crippen LogP contribution in [-0.4, -0.2) is 11.1 Å². The van der Waals surface area contributed by atoms with E-state index in [-0.39, 0.29) is 0 Å². The van der Waals surface area contributed by atoms with Crippen molar-refractivity contribution < 1.29 is 9.90 Å². The second kappa shape index (κ2) is 5.47. The summed E-state index contributed by atoms with van der Waals surface area (Å²) >= 11 is 0. The molecule has 1 rings (SSSR count). The smallest absolute Gasteiger partial charge is 0.300 e. The summed E-state index contributed by atoms with van der Waals surface area (Å²) < 4.78 is 0. The predicted octanol–water partition coefficient (Wildman–Crippen LogP) is 2.09. The van der Waals surface area contributed by atoms with Crippen LogP contribution >= 0.6 is 0 Å². The predicted molar refractivity (Wildman–Crippen MR) is 44.5 cm³/mol. The van der Waals surface area contributed by atoms with Crippen LogP contribution in [0.25, 0.3) is 0 Å². The summed E-state index contributed by atoms with van der Waals surface area (Å²) in [6, 6.07) is 10.3. The number of benzene rings is 1. The maximum Gasteiger partial charge on any atom is 0.300 e. The first-order chi connectivity index (χ1) is 5.13. The molecular weight excluding hydrogens is 140 g/mol. The van der Waals surface area contributed by atoms with E-state index in [2.05, 4.69) is 19.1 Å². The van der Waals surface area contributed by atoms with Gasteiger partial charge in [0.25, 0.3) is 5.97 Å². The van der Waals surface area contributed by atoms with E-state index in [0.29, 0.717) is 0 Å². The summed E-state index contributed by atoms with van der Waals surface area (Å²) in [6.07, 6.45) is 0. The van der Waals surface area contributed by atoms with Gasteiger partial charge in [-0.1, -0.05) is 35.9 Å². The number of carbonyl (C=O) groups is 1. The van der Waals surface area contributed by atoms with Gasteiger partial charge in [0.05, 0.1) is 0 Å². The van der Waals surface area contributed by atoms with Gasteiger partial charge in [0.1, 0.15) is 0 Å². The van der Waals surface area contributed by atoms with Crippen LogP contribution < -0.4 is 0 Å². The molecule has 0 fully saturated rings. The van der Waals surface area contributed by atoms with Gasteiger partial charge < -0.3 is 5.11 Å². The van der Waals surface area contributed by atoms with Crippen molar-refractivity contribution in [3.63, 3.8) is 0 Å². The van der Waals surface area contributed by atoms with Gasteiger partial charge in [0, 0.05) is 6.92 Å². The maximum absolute atomic E-state index is 9.00. The van der Waals surface area contributed by atoms with Crippen molar-refractivity contribution in [2.75, 3.05) is 0 Å². The lowest BCUT2D eigenvalue weighted by atomic mass is 10.2. The van der Waals surface area contributed by atoms with E-state index in [0.717, 1.165) is 6.92 Å². The zero-order valence-corrected chi connectivity index (χ0v) is 6.74. The molecule has 0 saturated carbocycles. The second-order valence-corrected chi connectivity index (χ2v) is 2.17. The summed E-state index contributed by atoms with van der Waals surface area (Å²) in [6.45, 7) is 3.17. The Morgan fingerprint density at radius 3 is 1.82 bits per heavy atom. The van der Waals surface area contributed by atoms with Crippen molar-refractivity contribution in [2.45, 2.75) is 13.8 Å². The lowest BCUT2D eigenvalue weighted by Crippen LogP contribution is -1.78. The molecule has 0 spiro atoms. The van der Waals surface area contributed by atoms with Crippen molar-refractivity contribution in [3.05, 3.63) is 35.9 Å². The Morgan fingerprint density at radius 2 is 1.64 bits per heavy atom. The molecule has 0 aromatic heterocycles. The molecule has 0 aliphatic heterocycles. The van der Waals surface area contributed by atoms with Gasteiger partial charge in [-0.2, -0.15) is 0 Å². The minimum Gasteiger partial charge on any atom is -0.481 e. The Labute approximate surface area is 66.5 Å². The second-order valence-electron chi connectivity index (χ2n) is 2.17. The Balaban J connectivity index is 0.000000218. The molecule has 0 unspecified atom stereocenters. The highest BCUT2D eigenvalue weighted by atomic mass is 16.4. The van der Waals surface area contributed by atoms with Gasteiger partial charge in [0.2, 0.25) is 0 Å². The molecule has 0 aliphatic carbocycles. The molecule has 0 radical (unpaired) electrons. The molecule has 0 amide bonds. The van der Waals surface area contributed by atoms with E-state index in [4.69, 9.17) is 9.90 Å². The van der Waals surface area contributed by atoms with E-state index < -0.39 is 5.97 Å². The number of aliphatic carboxylic acids is 1. The molecule has 60 valence electrons. The van der Waals surface area contributed by atoms with E-state index in [9.17, 15) is 0 Å². The number of hydrogen-bond donors (Lipinski definition) is 1. The van der Waals surface area contributed by atoms with Gasteiger partial charge in [0.15, 0.2) is 0 Å². The molecule has 0 bridgehead atoms. The van der Waals surface area contributed by atoms with Crippen molar-refractivity contribution in [1.29, 1.82) is 0 Å². The first kappa shape index (κ1) is 9.69. The molecule has 0 aliphatic rings. The maximum atomic E-state index is 9.00. The van der Waals surface area contributed by atoms with Gasteiger partial charge in [-0.25, -0.2) is 0 Å². The highest BCUT2D eigenvalue weighted by Gasteiger charge is 1.72. The minimum atomic E-state index is -0.833. The van der Waals surface area contributed by atoms with E-state index in [1.807, 2.05) is 18.2 Å². The molecule has 1 N–H and O–H groups in total. The van der Waals surface area contributed by atoms with Crippen molar-refractivity contribution in [3.8, 4) is 0 Å². The largest absolute Gasteiger partial charge is 0.481 e. The van der Waals surface area contributed by atoms with E-state index >= 15 is 0 Å². The zero-order chi connectivity index (χ0) is 8.69. The van der Waals surface area contributed by atoms with Crippen molar-refractivity contribution in [1.82, 2.24) is 0 Å². The number of rotatable bonds is 0.